The highest BCUT2D eigenvalue weighted by Crippen LogP contribution is 2.32. The number of amides is 6. The standard InChI is InChI=1S/C28H48N6O6.C4H10.C3H8.2C2H6/c1-8-17(3)33(7)21(35)14-30-27(40)32-23(28(4,5)6)26(39)34-15-16(2)12-20(34)25(38)31-19(22(36)24(29)37)13-18-10-9-11-18;1-4(2)3;1-3-2;2*1-2/h16-20,23H,8-15H2,1-7H3,(H2,29,37)(H,31,38)(H2,30,32,40);4H,1-3H3;3H2,1-2H3;2*1-2H3. The van der Waals surface area contributed by atoms with Crippen molar-refractivity contribution in [2.75, 3.05) is 20.1 Å². The molecule has 1 aliphatic carbocycles. The molecular formula is C39H78N6O6. The molecular weight excluding hydrogens is 648 g/mol. The molecule has 5 unspecified atom stereocenters. The molecule has 6 amide bonds. The molecule has 300 valence electrons. The number of ketones is 1. The quantitative estimate of drug-likeness (QED) is 0.178. The van der Waals surface area contributed by atoms with Crippen molar-refractivity contribution in [2.45, 2.75) is 173 Å². The minimum atomic E-state index is -1.10. The average molecular weight is 727 g/mol. The molecule has 2 rings (SSSR count). The summed E-state index contributed by atoms with van der Waals surface area (Å²) in [6, 6.07) is -3.54. The molecule has 1 saturated carbocycles. The van der Waals surface area contributed by atoms with Crippen molar-refractivity contribution < 1.29 is 28.8 Å². The number of nitrogens with zero attached hydrogens (tertiary/aromatic N) is 2. The van der Waals surface area contributed by atoms with Crippen molar-refractivity contribution in [1.82, 2.24) is 25.8 Å². The largest absolute Gasteiger partial charge is 0.363 e. The van der Waals surface area contributed by atoms with Crippen LogP contribution in [0.5, 0.6) is 0 Å². The van der Waals surface area contributed by atoms with Crippen LogP contribution in [0, 0.1) is 23.2 Å². The zero-order valence-electron chi connectivity index (χ0n) is 35.3. The summed E-state index contributed by atoms with van der Waals surface area (Å²) in [4.78, 5) is 79.5. The molecule has 1 saturated heterocycles. The van der Waals surface area contributed by atoms with Crippen LogP contribution in [0.15, 0.2) is 0 Å². The Morgan fingerprint density at radius 2 is 1.39 bits per heavy atom. The summed E-state index contributed by atoms with van der Waals surface area (Å²) in [5.41, 5.74) is 4.53. The Kier molecular flexibility index (Phi) is 28.1. The predicted molar refractivity (Wildman–Crippen MR) is 209 cm³/mol. The van der Waals surface area contributed by atoms with Gasteiger partial charge in [0.15, 0.2) is 0 Å². The fourth-order valence-corrected chi connectivity index (χ4v) is 5.07. The normalized spacial score (nSPS) is 18.1. The molecule has 1 heterocycles. The molecule has 0 spiro atoms. The molecule has 12 heteroatoms. The minimum absolute atomic E-state index is 0.000201. The van der Waals surface area contributed by atoms with Crippen LogP contribution in [0.2, 0.25) is 0 Å². The third-order valence-electron chi connectivity index (χ3n) is 8.20. The monoisotopic (exact) mass is 727 g/mol. The van der Waals surface area contributed by atoms with Gasteiger partial charge in [0.05, 0.1) is 12.6 Å². The lowest BCUT2D eigenvalue weighted by Crippen LogP contribution is -2.60. The van der Waals surface area contributed by atoms with Crippen molar-refractivity contribution in [3.63, 3.8) is 0 Å². The Morgan fingerprint density at radius 3 is 1.78 bits per heavy atom. The minimum Gasteiger partial charge on any atom is -0.363 e. The smallest absolute Gasteiger partial charge is 0.315 e. The maximum Gasteiger partial charge on any atom is 0.315 e. The van der Waals surface area contributed by atoms with E-state index in [-0.39, 0.29) is 30.3 Å². The zero-order chi connectivity index (χ0) is 40.6. The number of likely N-dealkylation sites (tertiary alicyclic amines) is 1. The third kappa shape index (κ3) is 20.4. The Morgan fingerprint density at radius 1 is 0.902 bits per heavy atom. The first-order valence-electron chi connectivity index (χ1n) is 19.5. The van der Waals surface area contributed by atoms with Crippen LogP contribution in [-0.4, -0.2) is 89.5 Å². The molecule has 5 N–H and O–H groups in total. The van der Waals surface area contributed by atoms with E-state index in [2.05, 4.69) is 50.6 Å². The molecule has 51 heavy (non-hydrogen) atoms. The van der Waals surface area contributed by atoms with Crippen LogP contribution >= 0.6 is 0 Å². The molecule has 0 aromatic heterocycles. The first kappa shape index (κ1) is 52.2. The van der Waals surface area contributed by atoms with Gasteiger partial charge in [0.2, 0.25) is 23.5 Å². The number of likely N-dealkylation sites (N-methyl/N-ethyl adjacent to an activating group) is 1. The fourth-order valence-electron chi connectivity index (χ4n) is 5.07. The van der Waals surface area contributed by atoms with E-state index in [9.17, 15) is 28.8 Å². The van der Waals surface area contributed by atoms with Crippen molar-refractivity contribution in [2.24, 2.45) is 28.9 Å². The number of primary amides is 1. The number of nitrogens with one attached hydrogen (secondary N) is 3. The maximum absolute atomic E-state index is 13.8. The Balaban J connectivity index is -0.00000186. The molecule has 0 radical (unpaired) electrons. The van der Waals surface area contributed by atoms with Crippen LogP contribution in [-0.2, 0) is 24.0 Å². The lowest BCUT2D eigenvalue weighted by Gasteiger charge is -2.36. The summed E-state index contributed by atoms with van der Waals surface area (Å²) in [6.07, 6.45) is 5.61. The van der Waals surface area contributed by atoms with Crippen LogP contribution in [0.1, 0.15) is 149 Å². The van der Waals surface area contributed by atoms with Gasteiger partial charge in [-0.25, -0.2) is 4.79 Å². The second-order valence-corrected chi connectivity index (χ2v) is 15.0. The molecule has 0 bridgehead atoms. The van der Waals surface area contributed by atoms with Crippen molar-refractivity contribution in [3.8, 4) is 0 Å². The second-order valence-electron chi connectivity index (χ2n) is 15.0. The Hall–Kier alpha value is -3.18. The van der Waals surface area contributed by atoms with E-state index in [0.717, 1.165) is 31.6 Å². The summed E-state index contributed by atoms with van der Waals surface area (Å²) in [6.45, 7) is 30.0. The maximum atomic E-state index is 13.8. The van der Waals surface area contributed by atoms with Gasteiger partial charge < -0.3 is 31.5 Å². The van der Waals surface area contributed by atoms with Gasteiger partial charge in [-0.3, -0.25) is 24.0 Å². The molecule has 5 atom stereocenters. The van der Waals surface area contributed by atoms with Gasteiger partial charge in [-0.1, -0.05) is 123 Å². The molecule has 0 aromatic carbocycles. The van der Waals surface area contributed by atoms with Crippen LogP contribution in [0.25, 0.3) is 0 Å². The van der Waals surface area contributed by atoms with Gasteiger partial charge in [-0.05, 0) is 49.4 Å². The number of urea groups is 1. The summed E-state index contributed by atoms with van der Waals surface area (Å²) >= 11 is 0. The molecule has 2 aliphatic rings. The summed E-state index contributed by atoms with van der Waals surface area (Å²) in [5, 5.41) is 7.94. The zero-order valence-corrected chi connectivity index (χ0v) is 35.3. The molecule has 2 fully saturated rings. The van der Waals surface area contributed by atoms with E-state index < -0.39 is 53.1 Å². The van der Waals surface area contributed by atoms with E-state index in [1.54, 1.807) is 32.7 Å². The lowest BCUT2D eigenvalue weighted by atomic mass is 9.80. The van der Waals surface area contributed by atoms with E-state index in [4.69, 9.17) is 5.73 Å². The molecule has 0 aromatic rings. The number of hydrogen-bond acceptors (Lipinski definition) is 6. The highest BCUT2D eigenvalue weighted by molar-refractivity contribution is 6.37. The first-order chi connectivity index (χ1) is 23.7. The third-order valence-corrected chi connectivity index (χ3v) is 8.20. The van der Waals surface area contributed by atoms with Crippen molar-refractivity contribution in [1.29, 1.82) is 0 Å². The van der Waals surface area contributed by atoms with Gasteiger partial charge in [-0.2, -0.15) is 0 Å². The number of rotatable bonds is 12. The second kappa shape index (κ2) is 27.5. The Labute approximate surface area is 311 Å². The highest BCUT2D eigenvalue weighted by atomic mass is 16.2. The fraction of sp³-hybridized carbons (Fsp3) is 0.846. The lowest BCUT2D eigenvalue weighted by molar-refractivity contribution is -0.143. The van der Waals surface area contributed by atoms with Crippen molar-refractivity contribution >= 4 is 35.4 Å². The highest BCUT2D eigenvalue weighted by Gasteiger charge is 2.45. The van der Waals surface area contributed by atoms with Gasteiger partial charge in [0.25, 0.3) is 5.91 Å². The summed E-state index contributed by atoms with van der Waals surface area (Å²) < 4.78 is 0. The SMILES string of the molecule is CC.CC.CC(C)C.CCC.CCC(C)N(C)C(=O)CNC(=O)NC(C(=O)N1CC(C)CC1C(=O)NC(CC1CCC1)C(=O)C(N)=O)C(C)(C)C. The summed E-state index contributed by atoms with van der Waals surface area (Å²) in [5.74, 6) is -2.09. The topological polar surface area (TPSA) is 171 Å². The number of nitrogens with two attached hydrogens (primary N) is 1. The van der Waals surface area contributed by atoms with Gasteiger partial charge in [-0.15, -0.1) is 0 Å². The molecule has 12 nitrogen and oxygen atoms in total. The number of carbonyl (C=O) groups is 6. The van der Waals surface area contributed by atoms with Crippen LogP contribution in [0.4, 0.5) is 4.79 Å². The predicted octanol–water partition coefficient (Wildman–Crippen LogP) is 6.05. The van der Waals surface area contributed by atoms with E-state index in [1.165, 1.54) is 11.3 Å². The molecule has 1 aliphatic heterocycles. The van der Waals surface area contributed by atoms with Crippen LogP contribution < -0.4 is 21.7 Å². The van der Waals surface area contributed by atoms with E-state index >= 15 is 0 Å². The van der Waals surface area contributed by atoms with E-state index in [0.29, 0.717) is 19.4 Å². The number of carbonyl (C=O) groups excluding carboxylic acids is 6. The van der Waals surface area contributed by atoms with Gasteiger partial charge >= 0.3 is 6.03 Å². The van der Waals surface area contributed by atoms with Crippen molar-refractivity contribution in [3.05, 3.63) is 0 Å². The van der Waals surface area contributed by atoms with E-state index in [1.807, 2.05) is 48.5 Å². The van der Waals surface area contributed by atoms with Crippen LogP contribution in [0.3, 0.4) is 0 Å². The number of hydrogen-bond donors (Lipinski definition) is 4. The summed E-state index contributed by atoms with van der Waals surface area (Å²) in [7, 11) is 1.67. The first-order valence-corrected chi connectivity index (χ1v) is 19.5. The average Bonchev–Trinajstić information content (AvgIpc) is 3.45. The van der Waals surface area contributed by atoms with Gasteiger partial charge in [0, 0.05) is 19.6 Å². The number of Topliss-reactive ketones (excluding diaryl/α,β-unsaturated/α-hetero) is 1. The van der Waals surface area contributed by atoms with Gasteiger partial charge in [0.1, 0.15) is 12.1 Å². The Bertz CT molecular complexity index is 1040.